The van der Waals surface area contributed by atoms with Crippen LogP contribution >= 0.6 is 0 Å². The van der Waals surface area contributed by atoms with Gasteiger partial charge in [-0.3, -0.25) is 0 Å². The molecule has 0 spiro atoms. The summed E-state index contributed by atoms with van der Waals surface area (Å²) < 4.78 is 10.2. The van der Waals surface area contributed by atoms with E-state index in [9.17, 15) is 0 Å². The quantitative estimate of drug-likeness (QED) is 0.618. The summed E-state index contributed by atoms with van der Waals surface area (Å²) in [6.07, 6.45) is 0. The van der Waals surface area contributed by atoms with Gasteiger partial charge in [-0.15, -0.1) is 0 Å². The Morgan fingerprint density at radius 3 is 2.47 bits per heavy atom. The number of hydrogen-bond donors (Lipinski definition) is 0. The minimum Gasteiger partial charge on any atom is -0.492 e. The topological polar surface area (TPSA) is 82.8 Å². The van der Waals surface area contributed by atoms with Crippen LogP contribution < -0.4 is 0 Å². The standard InChI is InChI=1S/C14H9N3O2/c1-18-14(11(8-15)9-16)12-7-13(19-17-12)10-5-3-2-4-6-10/h2-7H,1H3. The van der Waals surface area contributed by atoms with Gasteiger partial charge in [-0.05, 0) is 0 Å². The fourth-order valence-electron chi connectivity index (χ4n) is 1.58. The van der Waals surface area contributed by atoms with E-state index in [1.807, 2.05) is 30.3 Å². The van der Waals surface area contributed by atoms with Gasteiger partial charge in [0.25, 0.3) is 0 Å². The lowest BCUT2D eigenvalue weighted by atomic mass is 10.1. The second-order valence-electron chi connectivity index (χ2n) is 3.57. The summed E-state index contributed by atoms with van der Waals surface area (Å²) in [7, 11) is 1.38. The second kappa shape index (κ2) is 5.52. The molecule has 5 nitrogen and oxygen atoms in total. The molecular weight excluding hydrogens is 242 g/mol. The van der Waals surface area contributed by atoms with Crippen LogP contribution in [0.2, 0.25) is 0 Å². The van der Waals surface area contributed by atoms with Crippen LogP contribution in [0.25, 0.3) is 17.1 Å². The Balaban J connectivity index is 2.45. The zero-order valence-electron chi connectivity index (χ0n) is 10.1. The van der Waals surface area contributed by atoms with Crippen molar-refractivity contribution in [1.82, 2.24) is 5.16 Å². The van der Waals surface area contributed by atoms with Gasteiger partial charge in [0, 0.05) is 11.6 Å². The van der Waals surface area contributed by atoms with Gasteiger partial charge in [0.05, 0.1) is 7.11 Å². The number of rotatable bonds is 3. The number of hydrogen-bond acceptors (Lipinski definition) is 5. The summed E-state index contributed by atoms with van der Waals surface area (Å²) in [5, 5.41) is 21.5. The summed E-state index contributed by atoms with van der Waals surface area (Å²) in [6, 6.07) is 14.5. The zero-order chi connectivity index (χ0) is 13.7. The molecule has 0 fully saturated rings. The lowest BCUT2D eigenvalue weighted by molar-refractivity contribution is 0.358. The number of benzene rings is 1. The maximum atomic E-state index is 8.84. The minimum absolute atomic E-state index is 0.107. The first-order valence-electron chi connectivity index (χ1n) is 5.41. The molecule has 1 aromatic carbocycles. The average molecular weight is 251 g/mol. The fourth-order valence-corrected chi connectivity index (χ4v) is 1.58. The van der Waals surface area contributed by atoms with E-state index >= 15 is 0 Å². The molecule has 2 aromatic rings. The molecule has 0 saturated carbocycles. The lowest BCUT2D eigenvalue weighted by Crippen LogP contribution is -1.91. The molecule has 2 rings (SSSR count). The molecule has 0 amide bonds. The predicted molar refractivity (Wildman–Crippen MR) is 67.1 cm³/mol. The van der Waals surface area contributed by atoms with Crippen molar-refractivity contribution >= 4 is 5.76 Å². The zero-order valence-corrected chi connectivity index (χ0v) is 10.1. The molecule has 92 valence electrons. The van der Waals surface area contributed by atoms with Crippen molar-refractivity contribution in [3.63, 3.8) is 0 Å². The summed E-state index contributed by atoms with van der Waals surface area (Å²) in [4.78, 5) is 0. The molecular formula is C14H9N3O2. The van der Waals surface area contributed by atoms with Gasteiger partial charge in [0.1, 0.15) is 12.1 Å². The molecule has 0 atom stereocenters. The minimum atomic E-state index is -0.143. The van der Waals surface area contributed by atoms with Crippen LogP contribution in [0.3, 0.4) is 0 Å². The van der Waals surface area contributed by atoms with E-state index in [2.05, 4.69) is 5.16 Å². The van der Waals surface area contributed by atoms with Crippen LogP contribution in [0.15, 0.2) is 46.5 Å². The lowest BCUT2D eigenvalue weighted by Gasteiger charge is -1.99. The SMILES string of the molecule is COC(=C(C#N)C#N)c1cc(-c2ccccc2)on1. The fraction of sp³-hybridized carbons (Fsp3) is 0.0714. The Kier molecular flexibility index (Phi) is 3.61. The Bertz CT molecular complexity index is 671. The maximum absolute atomic E-state index is 8.84. The van der Waals surface area contributed by atoms with E-state index < -0.39 is 0 Å². The van der Waals surface area contributed by atoms with Gasteiger partial charge in [-0.25, -0.2) is 0 Å². The molecule has 0 aliphatic rings. The second-order valence-corrected chi connectivity index (χ2v) is 3.57. The summed E-state index contributed by atoms with van der Waals surface area (Å²) >= 11 is 0. The van der Waals surface area contributed by atoms with Gasteiger partial charge in [-0.1, -0.05) is 35.5 Å². The van der Waals surface area contributed by atoms with E-state index in [1.54, 1.807) is 18.2 Å². The Labute approximate surface area is 109 Å². The van der Waals surface area contributed by atoms with Crippen LogP contribution in [0.5, 0.6) is 0 Å². The van der Waals surface area contributed by atoms with Crippen molar-refractivity contribution in [2.45, 2.75) is 0 Å². The third-order valence-electron chi connectivity index (χ3n) is 2.46. The average Bonchev–Trinajstić information content (AvgIpc) is 2.95. The van der Waals surface area contributed by atoms with Crippen LogP contribution in [-0.4, -0.2) is 12.3 Å². The van der Waals surface area contributed by atoms with Crippen LogP contribution in [-0.2, 0) is 4.74 Å². The number of allylic oxidation sites excluding steroid dienone is 1. The Morgan fingerprint density at radius 1 is 1.21 bits per heavy atom. The molecule has 0 unspecified atom stereocenters. The first-order chi connectivity index (χ1) is 9.30. The van der Waals surface area contributed by atoms with E-state index in [-0.39, 0.29) is 11.3 Å². The summed E-state index contributed by atoms with van der Waals surface area (Å²) in [5.41, 5.74) is 1.03. The van der Waals surface area contributed by atoms with Gasteiger partial charge in [0.2, 0.25) is 0 Å². The normalized spacial score (nSPS) is 9.21. The van der Waals surface area contributed by atoms with Crippen molar-refractivity contribution in [3.8, 4) is 23.5 Å². The molecule has 0 aliphatic heterocycles. The molecule has 1 heterocycles. The van der Waals surface area contributed by atoms with E-state index in [0.717, 1.165) is 5.56 Å². The molecule has 0 radical (unpaired) electrons. The molecule has 19 heavy (non-hydrogen) atoms. The summed E-state index contributed by atoms with van der Waals surface area (Å²) in [5.74, 6) is 0.649. The molecule has 0 saturated heterocycles. The molecule has 0 N–H and O–H groups in total. The number of methoxy groups -OCH3 is 1. The Hall–Kier alpha value is -3.05. The van der Waals surface area contributed by atoms with E-state index in [1.165, 1.54) is 7.11 Å². The number of nitriles is 2. The highest BCUT2D eigenvalue weighted by Crippen LogP contribution is 2.25. The summed E-state index contributed by atoms with van der Waals surface area (Å²) in [6.45, 7) is 0. The molecule has 0 aliphatic carbocycles. The van der Waals surface area contributed by atoms with Crippen molar-refractivity contribution in [3.05, 3.63) is 47.7 Å². The van der Waals surface area contributed by atoms with Crippen molar-refractivity contribution in [2.24, 2.45) is 0 Å². The highest BCUT2D eigenvalue weighted by Gasteiger charge is 2.15. The molecule has 1 aromatic heterocycles. The predicted octanol–water partition coefficient (Wildman–Crippen LogP) is 2.75. The van der Waals surface area contributed by atoms with Gasteiger partial charge >= 0.3 is 0 Å². The Morgan fingerprint density at radius 2 is 1.89 bits per heavy atom. The number of aromatic nitrogens is 1. The monoisotopic (exact) mass is 251 g/mol. The number of ether oxygens (including phenoxy) is 1. The van der Waals surface area contributed by atoms with E-state index in [0.29, 0.717) is 11.5 Å². The van der Waals surface area contributed by atoms with Crippen molar-refractivity contribution in [2.75, 3.05) is 7.11 Å². The smallest absolute Gasteiger partial charge is 0.176 e. The first-order valence-corrected chi connectivity index (χ1v) is 5.41. The highest BCUT2D eigenvalue weighted by molar-refractivity contribution is 5.71. The van der Waals surface area contributed by atoms with Gasteiger partial charge < -0.3 is 9.26 Å². The third-order valence-corrected chi connectivity index (χ3v) is 2.46. The van der Waals surface area contributed by atoms with Gasteiger partial charge in [0.15, 0.2) is 22.8 Å². The van der Waals surface area contributed by atoms with Gasteiger partial charge in [-0.2, -0.15) is 10.5 Å². The maximum Gasteiger partial charge on any atom is 0.176 e. The highest BCUT2D eigenvalue weighted by atomic mass is 16.5. The first kappa shape index (κ1) is 12.4. The van der Waals surface area contributed by atoms with Crippen molar-refractivity contribution in [1.29, 1.82) is 10.5 Å². The van der Waals surface area contributed by atoms with Crippen LogP contribution in [0.4, 0.5) is 0 Å². The molecule has 0 bridgehead atoms. The van der Waals surface area contributed by atoms with E-state index in [4.69, 9.17) is 19.8 Å². The van der Waals surface area contributed by atoms with Crippen molar-refractivity contribution < 1.29 is 9.26 Å². The van der Waals surface area contributed by atoms with Crippen LogP contribution in [0.1, 0.15) is 5.69 Å². The largest absolute Gasteiger partial charge is 0.492 e. The number of nitrogens with zero attached hydrogens (tertiary/aromatic N) is 3. The van der Waals surface area contributed by atoms with Crippen LogP contribution in [0, 0.1) is 22.7 Å². The third kappa shape index (κ3) is 2.46. The molecule has 5 heteroatoms.